The zero-order valence-corrected chi connectivity index (χ0v) is 13.2. The van der Waals surface area contributed by atoms with Crippen LogP contribution in [0.3, 0.4) is 0 Å². The second kappa shape index (κ2) is 6.00. The van der Waals surface area contributed by atoms with Crippen LogP contribution in [0.25, 0.3) is 11.0 Å². The van der Waals surface area contributed by atoms with Crippen molar-refractivity contribution in [3.63, 3.8) is 0 Å². The van der Waals surface area contributed by atoms with Gasteiger partial charge in [0.2, 0.25) is 0 Å². The summed E-state index contributed by atoms with van der Waals surface area (Å²) in [6.07, 6.45) is 1.63. The number of anilines is 1. The molecule has 1 heterocycles. The van der Waals surface area contributed by atoms with Gasteiger partial charge >= 0.3 is 0 Å². The van der Waals surface area contributed by atoms with E-state index in [-0.39, 0.29) is 5.91 Å². The number of aromatic nitrogens is 2. The van der Waals surface area contributed by atoms with E-state index in [0.29, 0.717) is 17.1 Å². The van der Waals surface area contributed by atoms with E-state index in [1.807, 2.05) is 18.2 Å². The lowest BCUT2D eigenvalue weighted by molar-refractivity contribution is 0.0992. The fraction of sp³-hybridized carbons (Fsp3) is 0.176. The summed E-state index contributed by atoms with van der Waals surface area (Å²) in [5, 5.41) is 0. The van der Waals surface area contributed by atoms with Gasteiger partial charge in [-0.25, -0.2) is 4.98 Å². The molecule has 2 aromatic carbocycles. The van der Waals surface area contributed by atoms with Gasteiger partial charge in [0.05, 0.1) is 31.6 Å². The number of ether oxygens (including phenoxy) is 2. The number of carbonyl (C=O) groups excluding carboxylic acids is 1. The van der Waals surface area contributed by atoms with Crippen molar-refractivity contribution in [3.05, 3.63) is 48.3 Å². The summed E-state index contributed by atoms with van der Waals surface area (Å²) < 4.78 is 10.4. The van der Waals surface area contributed by atoms with Crippen LogP contribution in [0.1, 0.15) is 10.4 Å². The highest BCUT2D eigenvalue weighted by atomic mass is 16.5. The summed E-state index contributed by atoms with van der Waals surface area (Å²) in [7, 11) is 4.84. The number of nitrogens with one attached hydrogen (secondary N) is 1. The van der Waals surface area contributed by atoms with Gasteiger partial charge in [-0.2, -0.15) is 0 Å². The number of rotatable bonds is 4. The molecule has 1 N–H and O–H groups in total. The first-order chi connectivity index (χ1) is 11.1. The molecule has 0 aliphatic heterocycles. The smallest absolute Gasteiger partial charge is 0.258 e. The van der Waals surface area contributed by atoms with Crippen molar-refractivity contribution in [3.8, 4) is 11.5 Å². The van der Waals surface area contributed by atoms with Crippen molar-refractivity contribution in [2.24, 2.45) is 0 Å². The summed E-state index contributed by atoms with van der Waals surface area (Å²) in [5.41, 5.74) is 3.05. The molecule has 0 radical (unpaired) electrons. The minimum Gasteiger partial charge on any atom is -0.493 e. The Morgan fingerprint density at radius 3 is 2.61 bits per heavy atom. The van der Waals surface area contributed by atoms with E-state index >= 15 is 0 Å². The van der Waals surface area contributed by atoms with Crippen LogP contribution in [0.15, 0.2) is 42.7 Å². The minimum atomic E-state index is -0.134. The van der Waals surface area contributed by atoms with Crippen molar-refractivity contribution >= 4 is 22.6 Å². The van der Waals surface area contributed by atoms with E-state index in [1.54, 1.807) is 50.7 Å². The lowest BCUT2D eigenvalue weighted by atomic mass is 10.1. The monoisotopic (exact) mass is 311 g/mol. The molecule has 0 saturated carbocycles. The zero-order valence-electron chi connectivity index (χ0n) is 13.2. The third-order valence-electron chi connectivity index (χ3n) is 3.73. The number of methoxy groups -OCH3 is 2. The summed E-state index contributed by atoms with van der Waals surface area (Å²) in [6, 6.07) is 10.7. The number of benzene rings is 2. The van der Waals surface area contributed by atoms with Crippen LogP contribution < -0.4 is 14.4 Å². The highest BCUT2D eigenvalue weighted by Crippen LogP contribution is 2.29. The van der Waals surface area contributed by atoms with Gasteiger partial charge in [-0.05, 0) is 36.4 Å². The maximum Gasteiger partial charge on any atom is 0.258 e. The van der Waals surface area contributed by atoms with Crippen molar-refractivity contribution in [1.29, 1.82) is 0 Å². The van der Waals surface area contributed by atoms with Gasteiger partial charge in [-0.3, -0.25) is 4.79 Å². The average molecular weight is 311 g/mol. The number of imidazole rings is 1. The highest BCUT2D eigenvalue weighted by Gasteiger charge is 2.16. The van der Waals surface area contributed by atoms with Gasteiger partial charge in [0, 0.05) is 18.3 Å². The second-order valence-electron chi connectivity index (χ2n) is 5.04. The fourth-order valence-electron chi connectivity index (χ4n) is 2.41. The Morgan fingerprint density at radius 2 is 1.87 bits per heavy atom. The molecule has 0 unspecified atom stereocenters. The third-order valence-corrected chi connectivity index (χ3v) is 3.73. The molecule has 0 fully saturated rings. The molecule has 0 spiro atoms. The van der Waals surface area contributed by atoms with Gasteiger partial charge in [0.1, 0.15) is 0 Å². The Morgan fingerprint density at radius 1 is 1.09 bits per heavy atom. The molecule has 1 aromatic heterocycles. The second-order valence-corrected chi connectivity index (χ2v) is 5.04. The van der Waals surface area contributed by atoms with E-state index in [1.165, 1.54) is 0 Å². The van der Waals surface area contributed by atoms with Gasteiger partial charge < -0.3 is 19.4 Å². The fourth-order valence-corrected chi connectivity index (χ4v) is 2.41. The van der Waals surface area contributed by atoms with Crippen LogP contribution in [0.5, 0.6) is 11.5 Å². The molecule has 0 bridgehead atoms. The predicted molar refractivity (Wildman–Crippen MR) is 88.4 cm³/mol. The molecule has 3 aromatic rings. The summed E-state index contributed by atoms with van der Waals surface area (Å²) in [5.74, 6) is 0.978. The van der Waals surface area contributed by atoms with Crippen LogP contribution in [-0.2, 0) is 0 Å². The summed E-state index contributed by atoms with van der Waals surface area (Å²) in [6.45, 7) is 0. The number of amides is 1. The number of aromatic amines is 1. The minimum absolute atomic E-state index is 0.134. The van der Waals surface area contributed by atoms with E-state index in [2.05, 4.69) is 9.97 Å². The van der Waals surface area contributed by atoms with Gasteiger partial charge in [-0.1, -0.05) is 0 Å². The number of nitrogens with zero attached hydrogens (tertiary/aromatic N) is 2. The molecule has 0 aliphatic rings. The SMILES string of the molecule is COc1ccc(C(=O)N(C)c2ccc3nc[nH]c3c2)cc1OC. The van der Waals surface area contributed by atoms with Crippen molar-refractivity contribution in [2.75, 3.05) is 26.2 Å². The molecular formula is C17H17N3O3. The first-order valence-corrected chi connectivity index (χ1v) is 7.07. The number of H-pyrrole nitrogens is 1. The first-order valence-electron chi connectivity index (χ1n) is 7.07. The Bertz CT molecular complexity index is 857. The Labute approximate surface area is 133 Å². The molecule has 118 valence electrons. The molecular weight excluding hydrogens is 294 g/mol. The normalized spacial score (nSPS) is 10.6. The molecule has 6 nitrogen and oxygen atoms in total. The van der Waals surface area contributed by atoms with E-state index in [4.69, 9.17) is 9.47 Å². The van der Waals surface area contributed by atoms with Crippen molar-refractivity contribution in [2.45, 2.75) is 0 Å². The van der Waals surface area contributed by atoms with Crippen LogP contribution in [-0.4, -0.2) is 37.1 Å². The molecule has 1 amide bonds. The number of hydrogen-bond acceptors (Lipinski definition) is 4. The van der Waals surface area contributed by atoms with Gasteiger partial charge in [0.15, 0.2) is 11.5 Å². The summed E-state index contributed by atoms with van der Waals surface area (Å²) >= 11 is 0. The van der Waals surface area contributed by atoms with E-state index < -0.39 is 0 Å². The van der Waals surface area contributed by atoms with Gasteiger partial charge in [0.25, 0.3) is 5.91 Å². The maximum atomic E-state index is 12.7. The largest absolute Gasteiger partial charge is 0.493 e. The lowest BCUT2D eigenvalue weighted by Crippen LogP contribution is -2.26. The zero-order chi connectivity index (χ0) is 16.4. The van der Waals surface area contributed by atoms with Gasteiger partial charge in [-0.15, -0.1) is 0 Å². The molecule has 0 atom stereocenters. The van der Waals surface area contributed by atoms with Crippen molar-refractivity contribution in [1.82, 2.24) is 9.97 Å². The van der Waals surface area contributed by atoms with Crippen LogP contribution in [0.4, 0.5) is 5.69 Å². The number of hydrogen-bond donors (Lipinski definition) is 1. The first kappa shape index (κ1) is 14.9. The molecule has 6 heteroatoms. The Kier molecular flexibility index (Phi) is 3.89. The quantitative estimate of drug-likeness (QED) is 0.804. The standard InChI is InChI=1S/C17H17N3O3/c1-20(12-5-6-13-14(9-12)19-10-18-13)17(21)11-4-7-15(22-2)16(8-11)23-3/h4-10H,1-3H3,(H,18,19). The lowest BCUT2D eigenvalue weighted by Gasteiger charge is -2.18. The number of fused-ring (bicyclic) bond motifs is 1. The predicted octanol–water partition coefficient (Wildman–Crippen LogP) is 2.86. The maximum absolute atomic E-state index is 12.7. The topological polar surface area (TPSA) is 67.5 Å². The van der Waals surface area contributed by atoms with Crippen LogP contribution in [0, 0.1) is 0 Å². The third kappa shape index (κ3) is 2.70. The average Bonchev–Trinajstić information content (AvgIpc) is 3.07. The molecule has 0 saturated heterocycles. The van der Waals surface area contributed by atoms with E-state index in [9.17, 15) is 4.79 Å². The molecule has 23 heavy (non-hydrogen) atoms. The highest BCUT2D eigenvalue weighted by molar-refractivity contribution is 6.06. The Hall–Kier alpha value is -3.02. The summed E-state index contributed by atoms with van der Waals surface area (Å²) in [4.78, 5) is 21.5. The van der Waals surface area contributed by atoms with Crippen molar-refractivity contribution < 1.29 is 14.3 Å². The Balaban J connectivity index is 1.92. The van der Waals surface area contributed by atoms with E-state index in [0.717, 1.165) is 16.7 Å². The molecule has 0 aliphatic carbocycles. The van der Waals surface area contributed by atoms with Crippen LogP contribution in [0.2, 0.25) is 0 Å². The number of carbonyl (C=O) groups is 1. The molecule has 3 rings (SSSR count). The van der Waals surface area contributed by atoms with Crippen LogP contribution >= 0.6 is 0 Å².